The maximum atomic E-state index is 13.0. The molecule has 2 aliphatic heterocycles. The van der Waals surface area contributed by atoms with Crippen molar-refractivity contribution in [3.63, 3.8) is 0 Å². The van der Waals surface area contributed by atoms with E-state index in [1.54, 1.807) is 13.2 Å². The van der Waals surface area contributed by atoms with E-state index in [4.69, 9.17) is 10.5 Å². The summed E-state index contributed by atoms with van der Waals surface area (Å²) in [7, 11) is 1.69. The van der Waals surface area contributed by atoms with Gasteiger partial charge in [0.05, 0.1) is 7.11 Å². The quantitative estimate of drug-likeness (QED) is 0.497. The number of piperazine rings is 1. The maximum absolute atomic E-state index is 13.0. The third-order valence-corrected chi connectivity index (χ3v) is 7.59. The van der Waals surface area contributed by atoms with Crippen LogP contribution in [0.2, 0.25) is 0 Å². The number of piperidine rings is 1. The number of hydrogen-bond acceptors (Lipinski definition) is 5. The summed E-state index contributed by atoms with van der Waals surface area (Å²) in [5.74, 6) is 0.541. The van der Waals surface area contributed by atoms with Gasteiger partial charge in [0.1, 0.15) is 5.75 Å². The van der Waals surface area contributed by atoms with Crippen molar-refractivity contribution in [3.05, 3.63) is 65.4 Å². The Morgan fingerprint density at radius 1 is 0.974 bits per heavy atom. The number of nitrogens with two attached hydrogens (primary N) is 1. The van der Waals surface area contributed by atoms with E-state index in [0.29, 0.717) is 11.6 Å². The first kappa shape index (κ1) is 27.7. The van der Waals surface area contributed by atoms with Gasteiger partial charge in [-0.05, 0) is 66.6 Å². The van der Waals surface area contributed by atoms with E-state index < -0.39 is 5.91 Å². The fourth-order valence-electron chi connectivity index (χ4n) is 5.48. The van der Waals surface area contributed by atoms with Gasteiger partial charge in [0.2, 0.25) is 5.91 Å². The molecule has 0 radical (unpaired) electrons. The molecule has 3 N–H and O–H groups in total. The van der Waals surface area contributed by atoms with Crippen LogP contribution in [0.15, 0.2) is 48.7 Å². The number of primary amides is 1. The predicted molar refractivity (Wildman–Crippen MR) is 152 cm³/mol. The summed E-state index contributed by atoms with van der Waals surface area (Å²) in [5.41, 5.74) is 8.93. The number of nitrogens with zero attached hydrogens (tertiary/aromatic N) is 3. The predicted octanol–water partition coefficient (Wildman–Crippen LogP) is 3.70. The van der Waals surface area contributed by atoms with Crippen LogP contribution in [0.3, 0.4) is 0 Å². The number of aromatic nitrogens is 1. The Kier molecular flexibility index (Phi) is 9.42. The van der Waals surface area contributed by atoms with Gasteiger partial charge in [-0.1, -0.05) is 19.9 Å². The van der Waals surface area contributed by atoms with Crippen LogP contribution in [0.4, 0.5) is 0 Å². The van der Waals surface area contributed by atoms with Crippen LogP contribution in [0.1, 0.15) is 59.0 Å². The highest BCUT2D eigenvalue weighted by Gasteiger charge is 2.23. The number of rotatable bonds is 7. The number of hydrogen-bond donors (Lipinski definition) is 2. The van der Waals surface area contributed by atoms with Crippen molar-refractivity contribution < 1.29 is 14.3 Å². The minimum absolute atomic E-state index is 0.0969. The number of amides is 2. The van der Waals surface area contributed by atoms with E-state index in [1.165, 1.54) is 0 Å². The monoisotopic (exact) mass is 519 g/mol. The Balaban J connectivity index is 0.00000164. The average Bonchev–Trinajstić information content (AvgIpc) is 3.40. The molecule has 204 valence electrons. The standard InChI is InChI=1S/C28H35N5O3.C2H6/c1-36-26-5-4-23(28(35)32-16-10-30-11-17-32)18-21(26)6-12-31-13-8-24(9-14-31)33-15-7-20-2-3-22(27(29)34)19-25(20)33;1-2/h2-5,7,15,18-19,24,30H,6,8-14,16-17H2,1H3,(H2,29,34);1-2H3. The Hall–Kier alpha value is -3.36. The third kappa shape index (κ3) is 6.19. The summed E-state index contributed by atoms with van der Waals surface area (Å²) in [6, 6.07) is 14.0. The molecule has 2 aliphatic rings. The molecule has 8 nitrogen and oxygen atoms in total. The van der Waals surface area contributed by atoms with Crippen molar-refractivity contribution in [1.82, 2.24) is 19.7 Å². The number of carbonyl (C=O) groups excluding carboxylic acids is 2. The van der Waals surface area contributed by atoms with E-state index in [9.17, 15) is 9.59 Å². The van der Waals surface area contributed by atoms with Crippen LogP contribution in [0.5, 0.6) is 5.75 Å². The zero-order valence-electron chi connectivity index (χ0n) is 22.9. The summed E-state index contributed by atoms with van der Waals surface area (Å²) >= 11 is 0. The first-order valence-corrected chi connectivity index (χ1v) is 13.8. The van der Waals surface area contributed by atoms with Gasteiger partial charge < -0.3 is 30.2 Å². The minimum atomic E-state index is -0.395. The fraction of sp³-hybridized carbons (Fsp3) is 0.467. The van der Waals surface area contributed by atoms with Crippen LogP contribution in [-0.4, -0.2) is 79.1 Å². The average molecular weight is 520 g/mol. The number of benzene rings is 2. The molecule has 2 aromatic carbocycles. The van der Waals surface area contributed by atoms with E-state index in [2.05, 4.69) is 27.0 Å². The second-order valence-electron chi connectivity index (χ2n) is 9.75. The maximum Gasteiger partial charge on any atom is 0.253 e. The van der Waals surface area contributed by atoms with Crippen molar-refractivity contribution in [3.8, 4) is 5.75 Å². The lowest BCUT2D eigenvalue weighted by Crippen LogP contribution is -2.46. The number of methoxy groups -OCH3 is 1. The molecule has 0 aliphatic carbocycles. The number of nitrogens with one attached hydrogen (secondary N) is 1. The van der Waals surface area contributed by atoms with Crippen molar-refractivity contribution in [2.45, 2.75) is 39.2 Å². The molecule has 3 heterocycles. The summed E-state index contributed by atoms with van der Waals surface area (Å²) in [5, 5.41) is 4.42. The summed E-state index contributed by atoms with van der Waals surface area (Å²) < 4.78 is 7.91. The molecule has 0 saturated carbocycles. The molecule has 0 unspecified atom stereocenters. The van der Waals surface area contributed by atoms with Crippen LogP contribution >= 0.6 is 0 Å². The first-order chi connectivity index (χ1) is 18.5. The molecule has 8 heteroatoms. The zero-order valence-corrected chi connectivity index (χ0v) is 22.9. The van der Waals surface area contributed by atoms with Gasteiger partial charge in [0.15, 0.2) is 0 Å². The van der Waals surface area contributed by atoms with Gasteiger partial charge in [0.25, 0.3) is 5.91 Å². The topological polar surface area (TPSA) is 92.8 Å². The molecule has 2 amide bonds. The second-order valence-corrected chi connectivity index (χ2v) is 9.75. The molecule has 38 heavy (non-hydrogen) atoms. The molecule has 2 saturated heterocycles. The minimum Gasteiger partial charge on any atom is -0.496 e. The van der Waals surface area contributed by atoms with Gasteiger partial charge in [-0.15, -0.1) is 0 Å². The number of carbonyl (C=O) groups is 2. The van der Waals surface area contributed by atoms with Crippen LogP contribution in [0, 0.1) is 0 Å². The lowest BCUT2D eigenvalue weighted by Gasteiger charge is -2.33. The molecule has 0 bridgehead atoms. The van der Waals surface area contributed by atoms with E-state index >= 15 is 0 Å². The molecule has 5 rings (SSSR count). The van der Waals surface area contributed by atoms with Crippen molar-refractivity contribution in [2.75, 3.05) is 52.9 Å². The van der Waals surface area contributed by atoms with Crippen LogP contribution in [-0.2, 0) is 6.42 Å². The molecule has 2 fully saturated rings. The lowest BCUT2D eigenvalue weighted by molar-refractivity contribution is 0.0735. The highest BCUT2D eigenvalue weighted by molar-refractivity contribution is 5.97. The Morgan fingerprint density at radius 3 is 2.37 bits per heavy atom. The van der Waals surface area contributed by atoms with Gasteiger partial charge in [-0.2, -0.15) is 0 Å². The zero-order chi connectivity index (χ0) is 27.1. The Morgan fingerprint density at radius 2 is 1.68 bits per heavy atom. The van der Waals surface area contributed by atoms with Crippen LogP contribution < -0.4 is 15.8 Å². The van der Waals surface area contributed by atoms with Gasteiger partial charge in [-0.3, -0.25) is 9.59 Å². The van der Waals surface area contributed by atoms with Crippen LogP contribution in [0.25, 0.3) is 10.9 Å². The lowest BCUT2D eigenvalue weighted by atomic mass is 10.0. The Bertz CT molecular complexity index is 1240. The summed E-state index contributed by atoms with van der Waals surface area (Å²) in [6.07, 6.45) is 5.05. The fourth-order valence-corrected chi connectivity index (χ4v) is 5.48. The van der Waals surface area contributed by atoms with Crippen molar-refractivity contribution in [2.24, 2.45) is 5.73 Å². The summed E-state index contributed by atoms with van der Waals surface area (Å²) in [6.45, 7) is 10.1. The van der Waals surface area contributed by atoms with E-state index in [1.807, 2.05) is 49.1 Å². The molecular weight excluding hydrogens is 478 g/mol. The van der Waals surface area contributed by atoms with E-state index in [-0.39, 0.29) is 5.91 Å². The number of likely N-dealkylation sites (tertiary alicyclic amines) is 1. The van der Waals surface area contributed by atoms with E-state index in [0.717, 1.165) is 92.9 Å². The van der Waals surface area contributed by atoms with Gasteiger partial charge in [0, 0.05) is 74.7 Å². The Labute approximate surface area is 225 Å². The van der Waals surface area contributed by atoms with Gasteiger partial charge in [-0.25, -0.2) is 0 Å². The highest BCUT2D eigenvalue weighted by atomic mass is 16.5. The number of fused-ring (bicyclic) bond motifs is 1. The number of ether oxygens (including phenoxy) is 1. The largest absolute Gasteiger partial charge is 0.496 e. The SMILES string of the molecule is CC.COc1ccc(C(=O)N2CCNCC2)cc1CCN1CCC(n2ccc3ccc(C(N)=O)cc32)CC1. The molecule has 0 atom stereocenters. The highest BCUT2D eigenvalue weighted by Crippen LogP contribution is 2.29. The normalized spacial score (nSPS) is 16.7. The molecule has 1 aromatic heterocycles. The first-order valence-electron chi connectivity index (χ1n) is 13.8. The van der Waals surface area contributed by atoms with Crippen molar-refractivity contribution >= 4 is 22.7 Å². The molecular formula is C30H41N5O3. The van der Waals surface area contributed by atoms with Gasteiger partial charge >= 0.3 is 0 Å². The smallest absolute Gasteiger partial charge is 0.253 e. The molecule has 3 aromatic rings. The summed E-state index contributed by atoms with van der Waals surface area (Å²) in [4.78, 5) is 29.0. The third-order valence-electron chi connectivity index (χ3n) is 7.59. The molecule has 0 spiro atoms. The second kappa shape index (κ2) is 12.9. The van der Waals surface area contributed by atoms with Crippen molar-refractivity contribution in [1.29, 1.82) is 0 Å².